The number of rotatable bonds is 5. The zero-order valence-corrected chi connectivity index (χ0v) is 12.3. The number of aromatic nitrogens is 1. The van der Waals surface area contributed by atoms with Crippen molar-refractivity contribution in [1.29, 1.82) is 0 Å². The monoisotopic (exact) mass is 262 g/mol. The van der Waals surface area contributed by atoms with Crippen LogP contribution in [0.25, 0.3) is 0 Å². The van der Waals surface area contributed by atoms with E-state index in [4.69, 9.17) is 5.73 Å². The molecule has 19 heavy (non-hydrogen) atoms. The van der Waals surface area contributed by atoms with Gasteiger partial charge in [-0.15, -0.1) is 0 Å². The third-order valence-corrected chi connectivity index (χ3v) is 4.08. The van der Waals surface area contributed by atoms with Crippen LogP contribution in [0, 0.1) is 0 Å². The van der Waals surface area contributed by atoms with Crippen molar-refractivity contribution in [3.8, 4) is 0 Å². The highest BCUT2D eigenvalue weighted by molar-refractivity contribution is 5.41. The van der Waals surface area contributed by atoms with Crippen molar-refractivity contribution in [1.82, 2.24) is 9.88 Å². The Hall–Kier alpha value is -1.13. The highest BCUT2D eigenvalue weighted by Crippen LogP contribution is 2.21. The second-order valence-corrected chi connectivity index (χ2v) is 5.54. The summed E-state index contributed by atoms with van der Waals surface area (Å²) in [7, 11) is 2.12. The molecule has 2 rings (SSSR count). The van der Waals surface area contributed by atoms with E-state index in [-0.39, 0.29) is 6.04 Å². The van der Waals surface area contributed by atoms with Crippen molar-refractivity contribution in [2.24, 2.45) is 5.73 Å². The number of anilines is 1. The first-order valence-corrected chi connectivity index (χ1v) is 7.28. The summed E-state index contributed by atoms with van der Waals surface area (Å²) in [5.41, 5.74) is 7.08. The van der Waals surface area contributed by atoms with E-state index in [1.165, 1.54) is 19.4 Å². The fourth-order valence-corrected chi connectivity index (χ4v) is 2.85. The van der Waals surface area contributed by atoms with E-state index < -0.39 is 0 Å². The maximum atomic E-state index is 5.94. The molecule has 1 aromatic rings. The average Bonchev–Trinajstić information content (AvgIpc) is 2.86. The van der Waals surface area contributed by atoms with Crippen LogP contribution in [0.4, 0.5) is 5.82 Å². The molecule has 2 atom stereocenters. The predicted octanol–water partition coefficient (Wildman–Crippen LogP) is 2.02. The molecule has 0 bridgehead atoms. The van der Waals surface area contributed by atoms with Gasteiger partial charge in [-0.3, -0.25) is 4.90 Å². The van der Waals surface area contributed by atoms with Crippen molar-refractivity contribution in [2.45, 2.75) is 38.8 Å². The highest BCUT2D eigenvalue weighted by atomic mass is 15.2. The van der Waals surface area contributed by atoms with Gasteiger partial charge in [0.15, 0.2) is 0 Å². The van der Waals surface area contributed by atoms with Gasteiger partial charge in [0.25, 0.3) is 0 Å². The minimum Gasteiger partial charge on any atom is -0.358 e. The molecule has 2 N–H and O–H groups in total. The van der Waals surface area contributed by atoms with Crippen LogP contribution in [0.15, 0.2) is 18.3 Å². The minimum atomic E-state index is 0.0637. The van der Waals surface area contributed by atoms with Crippen LogP contribution in [-0.4, -0.2) is 42.6 Å². The van der Waals surface area contributed by atoms with Crippen molar-refractivity contribution < 1.29 is 0 Å². The highest BCUT2D eigenvalue weighted by Gasteiger charge is 2.24. The molecule has 1 aliphatic rings. The molecule has 0 saturated carbocycles. The van der Waals surface area contributed by atoms with Crippen LogP contribution in [-0.2, 0) is 0 Å². The van der Waals surface area contributed by atoms with Crippen molar-refractivity contribution in [2.75, 3.05) is 31.6 Å². The second kappa shape index (κ2) is 6.35. The fourth-order valence-electron chi connectivity index (χ4n) is 2.85. The van der Waals surface area contributed by atoms with Crippen LogP contribution < -0.4 is 10.6 Å². The normalized spacial score (nSPS) is 21.6. The van der Waals surface area contributed by atoms with Gasteiger partial charge in [-0.2, -0.15) is 0 Å². The second-order valence-electron chi connectivity index (χ2n) is 5.54. The van der Waals surface area contributed by atoms with Crippen LogP contribution in [0.3, 0.4) is 0 Å². The Morgan fingerprint density at radius 2 is 2.37 bits per heavy atom. The van der Waals surface area contributed by atoms with Crippen LogP contribution >= 0.6 is 0 Å². The summed E-state index contributed by atoms with van der Waals surface area (Å²) >= 11 is 0. The first-order chi connectivity index (χ1) is 9.11. The molecule has 4 nitrogen and oxygen atoms in total. The maximum absolute atomic E-state index is 5.94. The zero-order chi connectivity index (χ0) is 13.8. The molecule has 1 aliphatic heterocycles. The van der Waals surface area contributed by atoms with Gasteiger partial charge in [0.1, 0.15) is 5.82 Å². The summed E-state index contributed by atoms with van der Waals surface area (Å²) in [6.07, 6.45) is 4.47. The van der Waals surface area contributed by atoms with Gasteiger partial charge in [0.05, 0.1) is 0 Å². The number of likely N-dealkylation sites (N-methyl/N-ethyl adjacent to an activating group) is 2. The van der Waals surface area contributed by atoms with E-state index in [0.717, 1.165) is 24.5 Å². The van der Waals surface area contributed by atoms with Crippen LogP contribution in [0.5, 0.6) is 0 Å². The topological polar surface area (TPSA) is 45.4 Å². The fraction of sp³-hybridized carbons (Fsp3) is 0.667. The van der Waals surface area contributed by atoms with Gasteiger partial charge in [-0.1, -0.05) is 6.92 Å². The minimum absolute atomic E-state index is 0.0637. The lowest BCUT2D eigenvalue weighted by atomic mass is 10.1. The SMILES string of the molecule is CCN1CCCC1CN(C)c1cc(C(C)N)ccn1. The first kappa shape index (κ1) is 14.3. The Labute approximate surface area is 116 Å². The molecule has 0 radical (unpaired) electrons. The summed E-state index contributed by atoms with van der Waals surface area (Å²) in [5, 5.41) is 0. The lowest BCUT2D eigenvalue weighted by molar-refractivity contribution is 0.270. The number of hydrogen-bond donors (Lipinski definition) is 1. The largest absolute Gasteiger partial charge is 0.358 e. The molecule has 106 valence electrons. The summed E-state index contributed by atoms with van der Waals surface area (Å²) in [4.78, 5) is 9.28. The van der Waals surface area contributed by atoms with Gasteiger partial charge in [-0.25, -0.2) is 4.98 Å². The summed E-state index contributed by atoms with van der Waals surface area (Å²) < 4.78 is 0. The molecule has 1 fully saturated rings. The van der Waals surface area contributed by atoms with Crippen molar-refractivity contribution >= 4 is 5.82 Å². The zero-order valence-electron chi connectivity index (χ0n) is 12.3. The van der Waals surface area contributed by atoms with E-state index in [1.807, 2.05) is 19.2 Å². The molecule has 2 unspecified atom stereocenters. The maximum Gasteiger partial charge on any atom is 0.128 e. The van der Waals surface area contributed by atoms with Crippen LogP contribution in [0.1, 0.15) is 38.3 Å². The molecule has 0 aliphatic carbocycles. The first-order valence-electron chi connectivity index (χ1n) is 7.28. The van der Waals surface area contributed by atoms with E-state index in [0.29, 0.717) is 6.04 Å². The number of hydrogen-bond acceptors (Lipinski definition) is 4. The van der Waals surface area contributed by atoms with Gasteiger partial charge in [-0.05, 0) is 50.6 Å². The van der Waals surface area contributed by atoms with Gasteiger partial charge >= 0.3 is 0 Å². The molecule has 0 amide bonds. The van der Waals surface area contributed by atoms with Gasteiger partial charge < -0.3 is 10.6 Å². The Morgan fingerprint density at radius 1 is 1.58 bits per heavy atom. The molecule has 1 aromatic heterocycles. The predicted molar refractivity (Wildman–Crippen MR) is 80.4 cm³/mol. The van der Waals surface area contributed by atoms with Crippen molar-refractivity contribution in [3.05, 3.63) is 23.9 Å². The number of pyridine rings is 1. The van der Waals surface area contributed by atoms with Crippen molar-refractivity contribution in [3.63, 3.8) is 0 Å². The average molecular weight is 262 g/mol. The van der Waals surface area contributed by atoms with Crippen LogP contribution in [0.2, 0.25) is 0 Å². The lowest BCUT2D eigenvalue weighted by Gasteiger charge is -2.28. The molecule has 2 heterocycles. The Balaban J connectivity index is 2.03. The summed E-state index contributed by atoms with van der Waals surface area (Å²) in [5.74, 6) is 1.03. The summed E-state index contributed by atoms with van der Waals surface area (Å²) in [6.45, 7) is 7.68. The van der Waals surface area contributed by atoms with E-state index in [2.05, 4.69) is 34.8 Å². The standard InChI is InChI=1S/C15H26N4/c1-4-19-9-5-6-14(19)11-18(3)15-10-13(12(2)16)7-8-17-15/h7-8,10,12,14H,4-6,9,11,16H2,1-3H3. The molecular formula is C15H26N4. The molecule has 0 spiro atoms. The molecule has 1 saturated heterocycles. The Morgan fingerprint density at radius 3 is 3.05 bits per heavy atom. The number of likely N-dealkylation sites (tertiary alicyclic amines) is 1. The van der Waals surface area contributed by atoms with Gasteiger partial charge in [0.2, 0.25) is 0 Å². The van der Waals surface area contributed by atoms with E-state index >= 15 is 0 Å². The Kier molecular flexibility index (Phi) is 4.77. The van der Waals surface area contributed by atoms with E-state index in [9.17, 15) is 0 Å². The number of nitrogens with zero attached hydrogens (tertiary/aromatic N) is 3. The summed E-state index contributed by atoms with van der Waals surface area (Å²) in [6, 6.07) is 4.83. The third kappa shape index (κ3) is 3.45. The quantitative estimate of drug-likeness (QED) is 0.882. The molecule has 0 aromatic carbocycles. The van der Waals surface area contributed by atoms with Gasteiger partial charge in [0, 0.05) is 31.9 Å². The van der Waals surface area contributed by atoms with E-state index in [1.54, 1.807) is 0 Å². The molecular weight excluding hydrogens is 236 g/mol. The molecule has 4 heteroatoms. The third-order valence-electron chi connectivity index (χ3n) is 4.08. The lowest BCUT2D eigenvalue weighted by Crippen LogP contribution is -2.39. The number of nitrogens with two attached hydrogens (primary N) is 1. The Bertz CT molecular complexity index is 405. The smallest absolute Gasteiger partial charge is 0.128 e.